The summed E-state index contributed by atoms with van der Waals surface area (Å²) in [5, 5.41) is 12.9. The van der Waals surface area contributed by atoms with Crippen molar-refractivity contribution in [1.82, 2.24) is 5.32 Å². The topological polar surface area (TPSA) is 62.5 Å². The van der Waals surface area contributed by atoms with Crippen LogP contribution in [-0.4, -0.2) is 23.7 Å². The standard InChI is InChI=1S/C17H18ClNO3/c18-14-4-2-1-3-13(14)15-7-8-16(22-15)17(21)19-10-11-5-6-12(20)9-11/h1-4,7-8,11-12,20H,5-6,9-10H2,(H,19,21)/t11-,12+/m1/s1. The van der Waals surface area contributed by atoms with Gasteiger partial charge < -0.3 is 14.8 Å². The number of halogens is 1. The molecule has 0 aliphatic heterocycles. The third-order valence-corrected chi connectivity index (χ3v) is 4.36. The SMILES string of the molecule is O=C(NC[C@@H]1CC[C@H](O)C1)c1ccc(-c2ccccc2Cl)o1. The summed E-state index contributed by atoms with van der Waals surface area (Å²) in [4.78, 5) is 12.1. The second-order valence-electron chi connectivity index (χ2n) is 5.69. The van der Waals surface area contributed by atoms with Crippen molar-refractivity contribution in [2.45, 2.75) is 25.4 Å². The number of aliphatic hydroxyl groups excluding tert-OH is 1. The van der Waals surface area contributed by atoms with Crippen LogP contribution in [0.1, 0.15) is 29.8 Å². The van der Waals surface area contributed by atoms with E-state index in [9.17, 15) is 9.90 Å². The molecule has 1 aliphatic carbocycles. The number of aliphatic hydroxyl groups is 1. The van der Waals surface area contributed by atoms with Crippen molar-refractivity contribution in [2.75, 3.05) is 6.54 Å². The highest BCUT2D eigenvalue weighted by Crippen LogP contribution is 2.29. The first-order valence-electron chi connectivity index (χ1n) is 7.44. The van der Waals surface area contributed by atoms with Crippen molar-refractivity contribution in [3.63, 3.8) is 0 Å². The predicted octanol–water partition coefficient (Wildman–Crippen LogP) is 3.49. The average molecular weight is 320 g/mol. The predicted molar refractivity (Wildman–Crippen MR) is 84.8 cm³/mol. The molecule has 22 heavy (non-hydrogen) atoms. The average Bonchev–Trinajstić information content (AvgIpc) is 3.14. The van der Waals surface area contributed by atoms with E-state index in [0.717, 1.165) is 24.8 Å². The molecule has 0 bridgehead atoms. The lowest BCUT2D eigenvalue weighted by molar-refractivity contribution is 0.0918. The molecule has 2 atom stereocenters. The fraction of sp³-hybridized carbons (Fsp3) is 0.353. The van der Waals surface area contributed by atoms with E-state index in [4.69, 9.17) is 16.0 Å². The highest BCUT2D eigenvalue weighted by atomic mass is 35.5. The van der Waals surface area contributed by atoms with Crippen molar-refractivity contribution in [3.05, 3.63) is 47.2 Å². The smallest absolute Gasteiger partial charge is 0.287 e. The molecule has 0 radical (unpaired) electrons. The first-order chi connectivity index (χ1) is 10.6. The van der Waals surface area contributed by atoms with Gasteiger partial charge in [-0.2, -0.15) is 0 Å². The molecule has 1 amide bonds. The monoisotopic (exact) mass is 319 g/mol. The Bertz CT molecular complexity index is 667. The normalized spacial score (nSPS) is 21.0. The van der Waals surface area contributed by atoms with Gasteiger partial charge in [-0.05, 0) is 49.4 Å². The minimum atomic E-state index is -0.236. The zero-order chi connectivity index (χ0) is 15.5. The van der Waals surface area contributed by atoms with Gasteiger partial charge in [0.2, 0.25) is 0 Å². The molecule has 2 N–H and O–H groups in total. The molecule has 3 rings (SSSR count). The molecule has 5 heteroatoms. The molecule has 1 fully saturated rings. The maximum Gasteiger partial charge on any atom is 0.287 e. The zero-order valence-corrected chi connectivity index (χ0v) is 12.8. The fourth-order valence-corrected chi connectivity index (χ4v) is 3.05. The summed E-state index contributed by atoms with van der Waals surface area (Å²) in [5.41, 5.74) is 0.766. The van der Waals surface area contributed by atoms with Gasteiger partial charge in [0.25, 0.3) is 5.91 Å². The number of nitrogens with one attached hydrogen (secondary N) is 1. The van der Waals surface area contributed by atoms with Gasteiger partial charge in [-0.15, -0.1) is 0 Å². The van der Waals surface area contributed by atoms with Crippen LogP contribution in [0, 0.1) is 5.92 Å². The van der Waals surface area contributed by atoms with Gasteiger partial charge in [0.15, 0.2) is 5.76 Å². The van der Waals surface area contributed by atoms with E-state index in [0.29, 0.717) is 23.2 Å². The van der Waals surface area contributed by atoms with Crippen LogP contribution in [0.3, 0.4) is 0 Å². The van der Waals surface area contributed by atoms with Gasteiger partial charge in [-0.25, -0.2) is 0 Å². The van der Waals surface area contributed by atoms with E-state index in [1.165, 1.54) is 0 Å². The Balaban J connectivity index is 1.63. The van der Waals surface area contributed by atoms with Crippen molar-refractivity contribution in [3.8, 4) is 11.3 Å². The van der Waals surface area contributed by atoms with E-state index in [2.05, 4.69) is 5.32 Å². The number of carbonyl (C=O) groups excluding carboxylic acids is 1. The molecule has 1 aromatic heterocycles. The van der Waals surface area contributed by atoms with E-state index in [1.807, 2.05) is 18.2 Å². The first kappa shape index (κ1) is 15.1. The van der Waals surface area contributed by atoms with E-state index in [1.54, 1.807) is 18.2 Å². The third-order valence-electron chi connectivity index (χ3n) is 4.03. The lowest BCUT2D eigenvalue weighted by Crippen LogP contribution is -2.28. The largest absolute Gasteiger partial charge is 0.451 e. The molecule has 116 valence electrons. The number of hydrogen-bond acceptors (Lipinski definition) is 3. The van der Waals surface area contributed by atoms with Crippen LogP contribution in [0.2, 0.25) is 5.02 Å². The van der Waals surface area contributed by atoms with E-state index >= 15 is 0 Å². The molecule has 0 spiro atoms. The number of amides is 1. The molecular formula is C17H18ClNO3. The maximum absolute atomic E-state index is 12.1. The number of carbonyl (C=O) groups is 1. The van der Waals surface area contributed by atoms with Gasteiger partial charge in [-0.3, -0.25) is 4.79 Å². The molecule has 1 heterocycles. The van der Waals surface area contributed by atoms with Crippen LogP contribution in [0.15, 0.2) is 40.8 Å². The maximum atomic E-state index is 12.1. The summed E-state index contributed by atoms with van der Waals surface area (Å²) in [6, 6.07) is 10.7. The highest BCUT2D eigenvalue weighted by Gasteiger charge is 2.23. The zero-order valence-electron chi connectivity index (χ0n) is 12.1. The van der Waals surface area contributed by atoms with Crippen LogP contribution < -0.4 is 5.32 Å². The van der Waals surface area contributed by atoms with Gasteiger partial charge in [-0.1, -0.05) is 23.7 Å². The second kappa shape index (κ2) is 6.55. The highest BCUT2D eigenvalue weighted by molar-refractivity contribution is 6.33. The molecule has 4 nitrogen and oxygen atoms in total. The molecular weight excluding hydrogens is 302 g/mol. The number of furan rings is 1. The summed E-state index contributed by atoms with van der Waals surface area (Å²) in [6.07, 6.45) is 2.29. The third kappa shape index (κ3) is 3.34. The Labute approximate surface area is 134 Å². The van der Waals surface area contributed by atoms with Crippen molar-refractivity contribution in [2.24, 2.45) is 5.92 Å². The Morgan fingerprint density at radius 2 is 2.09 bits per heavy atom. The summed E-state index contributed by atoms with van der Waals surface area (Å²) >= 11 is 6.12. The van der Waals surface area contributed by atoms with Gasteiger partial charge in [0.05, 0.1) is 11.1 Å². The fourth-order valence-electron chi connectivity index (χ4n) is 2.82. The molecule has 0 unspecified atom stereocenters. The van der Waals surface area contributed by atoms with Crippen LogP contribution in [-0.2, 0) is 0 Å². The minimum absolute atomic E-state index is 0.225. The quantitative estimate of drug-likeness (QED) is 0.906. The van der Waals surface area contributed by atoms with Gasteiger partial charge in [0, 0.05) is 12.1 Å². The van der Waals surface area contributed by atoms with Gasteiger partial charge >= 0.3 is 0 Å². The Hall–Kier alpha value is -1.78. The number of hydrogen-bond donors (Lipinski definition) is 2. The van der Waals surface area contributed by atoms with E-state index < -0.39 is 0 Å². The molecule has 2 aromatic rings. The van der Waals surface area contributed by atoms with Crippen LogP contribution in [0.25, 0.3) is 11.3 Å². The Morgan fingerprint density at radius 3 is 2.82 bits per heavy atom. The van der Waals surface area contributed by atoms with Crippen LogP contribution >= 0.6 is 11.6 Å². The number of benzene rings is 1. The van der Waals surface area contributed by atoms with Crippen molar-refractivity contribution < 1.29 is 14.3 Å². The summed E-state index contributed by atoms with van der Waals surface area (Å²) < 4.78 is 5.60. The molecule has 1 saturated carbocycles. The minimum Gasteiger partial charge on any atom is -0.451 e. The summed E-state index contributed by atoms with van der Waals surface area (Å²) in [7, 11) is 0. The second-order valence-corrected chi connectivity index (χ2v) is 6.09. The van der Waals surface area contributed by atoms with Crippen molar-refractivity contribution in [1.29, 1.82) is 0 Å². The summed E-state index contributed by atoms with van der Waals surface area (Å²) in [5.74, 6) is 0.956. The van der Waals surface area contributed by atoms with Crippen LogP contribution in [0.4, 0.5) is 0 Å². The molecule has 0 saturated heterocycles. The van der Waals surface area contributed by atoms with Crippen molar-refractivity contribution >= 4 is 17.5 Å². The Morgan fingerprint density at radius 1 is 1.27 bits per heavy atom. The van der Waals surface area contributed by atoms with Gasteiger partial charge in [0.1, 0.15) is 5.76 Å². The molecule has 1 aliphatic rings. The summed E-state index contributed by atoms with van der Waals surface area (Å²) in [6.45, 7) is 0.567. The van der Waals surface area contributed by atoms with E-state index in [-0.39, 0.29) is 17.8 Å². The van der Waals surface area contributed by atoms with Crippen LogP contribution in [0.5, 0.6) is 0 Å². The first-order valence-corrected chi connectivity index (χ1v) is 7.82. The molecule has 1 aromatic carbocycles. The number of rotatable bonds is 4. The lowest BCUT2D eigenvalue weighted by atomic mass is 10.1. The lowest BCUT2D eigenvalue weighted by Gasteiger charge is -2.09. The Kier molecular flexibility index (Phi) is 4.50.